The molecule has 1 aromatic carbocycles. The molecule has 2 nitrogen and oxygen atoms in total. The van der Waals surface area contributed by atoms with Crippen LogP contribution < -0.4 is 0 Å². The number of ketones is 1. The van der Waals surface area contributed by atoms with Gasteiger partial charge in [-0.2, -0.15) is 0 Å². The fraction of sp³-hybridized carbons (Fsp3) is 0.632. The first-order valence-electron chi connectivity index (χ1n) is 8.49. The fourth-order valence-corrected chi connectivity index (χ4v) is 4.60. The van der Waals surface area contributed by atoms with Crippen molar-refractivity contribution in [1.82, 2.24) is 4.90 Å². The number of hydrogen-bond donors (Lipinski definition) is 0. The Morgan fingerprint density at radius 3 is 2.76 bits per heavy atom. The molecule has 0 unspecified atom stereocenters. The largest absolute Gasteiger partial charge is 0.300 e. The van der Waals surface area contributed by atoms with Crippen molar-refractivity contribution in [2.24, 2.45) is 5.41 Å². The summed E-state index contributed by atoms with van der Waals surface area (Å²) < 4.78 is 0. The highest BCUT2D eigenvalue weighted by molar-refractivity contribution is 5.80. The van der Waals surface area contributed by atoms with Crippen LogP contribution in [0.5, 0.6) is 0 Å². The maximum atomic E-state index is 12.1. The minimum atomic E-state index is 0.384. The van der Waals surface area contributed by atoms with E-state index in [-0.39, 0.29) is 0 Å². The smallest absolute Gasteiger partial charge is 0.134 e. The lowest BCUT2D eigenvalue weighted by Gasteiger charge is -2.54. The zero-order valence-corrected chi connectivity index (χ0v) is 13.3. The molecule has 0 aromatic heterocycles. The third kappa shape index (κ3) is 2.66. The lowest BCUT2D eigenvalue weighted by Crippen LogP contribution is -2.55. The van der Waals surface area contributed by atoms with Crippen molar-refractivity contribution in [3.8, 4) is 0 Å². The first kappa shape index (κ1) is 14.8. The summed E-state index contributed by atoms with van der Waals surface area (Å²) in [6, 6.07) is 11.6. The third-order valence-corrected chi connectivity index (χ3v) is 6.00. The van der Waals surface area contributed by atoms with Gasteiger partial charge < -0.3 is 0 Å². The molecule has 21 heavy (non-hydrogen) atoms. The molecule has 1 saturated heterocycles. The minimum Gasteiger partial charge on any atom is -0.300 e. The second-order valence-electron chi connectivity index (χ2n) is 6.90. The van der Waals surface area contributed by atoms with E-state index in [0.29, 0.717) is 23.3 Å². The Bertz CT molecular complexity index is 498. The van der Waals surface area contributed by atoms with E-state index in [1.807, 2.05) is 0 Å². The summed E-state index contributed by atoms with van der Waals surface area (Å²) in [4.78, 5) is 14.7. The molecule has 0 amide bonds. The van der Waals surface area contributed by atoms with E-state index in [1.54, 1.807) is 0 Å². The number of carbonyl (C=O) groups excluding carboxylic acids is 1. The van der Waals surface area contributed by atoms with E-state index >= 15 is 0 Å². The number of benzene rings is 1. The van der Waals surface area contributed by atoms with Crippen molar-refractivity contribution in [1.29, 1.82) is 0 Å². The molecule has 1 saturated carbocycles. The second-order valence-corrected chi connectivity index (χ2v) is 6.90. The standard InChI is InChI=1S/C19H27NO/c1-3-19-11-7-13-20(18(19)14-17(21)10-12-19)15(2)16-8-5-4-6-9-16/h4-6,8-9,15,18H,3,7,10-14H2,1-2H3/t15-,18-,19+/m0/s1. The zero-order chi connectivity index (χ0) is 14.9. The van der Waals surface area contributed by atoms with Gasteiger partial charge in [-0.05, 0) is 50.1 Å². The highest BCUT2D eigenvalue weighted by Crippen LogP contribution is 2.49. The molecule has 0 radical (unpaired) electrons. The highest BCUT2D eigenvalue weighted by Gasteiger charge is 2.47. The van der Waals surface area contributed by atoms with Gasteiger partial charge >= 0.3 is 0 Å². The lowest BCUT2D eigenvalue weighted by molar-refractivity contribution is -0.130. The van der Waals surface area contributed by atoms with E-state index in [4.69, 9.17) is 0 Å². The molecule has 1 aliphatic heterocycles. The number of Topliss-reactive ketones (excluding diaryl/α,β-unsaturated/α-hetero) is 1. The van der Waals surface area contributed by atoms with Crippen LogP contribution in [0.4, 0.5) is 0 Å². The van der Waals surface area contributed by atoms with Crippen molar-refractivity contribution in [3.05, 3.63) is 35.9 Å². The molecule has 1 heterocycles. The van der Waals surface area contributed by atoms with Crippen LogP contribution in [-0.2, 0) is 4.79 Å². The summed E-state index contributed by atoms with van der Waals surface area (Å²) in [5, 5.41) is 0. The number of rotatable bonds is 3. The van der Waals surface area contributed by atoms with Gasteiger partial charge in [0.15, 0.2) is 0 Å². The molecule has 3 rings (SSSR count). The van der Waals surface area contributed by atoms with E-state index in [9.17, 15) is 4.79 Å². The number of nitrogens with zero attached hydrogens (tertiary/aromatic N) is 1. The second kappa shape index (κ2) is 5.92. The summed E-state index contributed by atoms with van der Waals surface area (Å²) >= 11 is 0. The van der Waals surface area contributed by atoms with Crippen molar-refractivity contribution < 1.29 is 4.79 Å². The number of carbonyl (C=O) groups is 1. The lowest BCUT2D eigenvalue weighted by atomic mass is 9.63. The quantitative estimate of drug-likeness (QED) is 0.822. The average Bonchev–Trinajstić information content (AvgIpc) is 2.54. The Balaban J connectivity index is 1.88. The molecule has 1 aliphatic carbocycles. The number of fused-ring (bicyclic) bond motifs is 1. The monoisotopic (exact) mass is 285 g/mol. The van der Waals surface area contributed by atoms with Gasteiger partial charge in [0.05, 0.1) is 0 Å². The highest BCUT2D eigenvalue weighted by atomic mass is 16.1. The van der Waals surface area contributed by atoms with E-state index < -0.39 is 0 Å². The van der Waals surface area contributed by atoms with Crippen LogP contribution >= 0.6 is 0 Å². The third-order valence-electron chi connectivity index (χ3n) is 6.00. The fourth-order valence-electron chi connectivity index (χ4n) is 4.60. The first-order valence-corrected chi connectivity index (χ1v) is 8.49. The van der Waals surface area contributed by atoms with Crippen LogP contribution in [0.2, 0.25) is 0 Å². The molecular weight excluding hydrogens is 258 g/mol. The minimum absolute atomic E-state index is 0.384. The molecule has 0 bridgehead atoms. The summed E-state index contributed by atoms with van der Waals surface area (Å²) in [5.74, 6) is 0.469. The summed E-state index contributed by atoms with van der Waals surface area (Å²) in [6.45, 7) is 5.76. The van der Waals surface area contributed by atoms with Crippen molar-refractivity contribution in [2.45, 2.75) is 64.5 Å². The normalized spacial score (nSPS) is 31.7. The molecule has 2 aliphatic rings. The van der Waals surface area contributed by atoms with Crippen LogP contribution in [0.25, 0.3) is 0 Å². The van der Waals surface area contributed by atoms with Crippen LogP contribution in [0.15, 0.2) is 30.3 Å². The van der Waals surface area contributed by atoms with Gasteiger partial charge in [-0.25, -0.2) is 0 Å². The number of piperidine rings is 1. The molecular formula is C19H27NO. The van der Waals surface area contributed by atoms with Crippen LogP contribution in [0.3, 0.4) is 0 Å². The summed E-state index contributed by atoms with van der Waals surface area (Å²) in [6.07, 6.45) is 6.46. The number of likely N-dealkylation sites (tertiary alicyclic amines) is 1. The van der Waals surface area contributed by atoms with E-state index in [2.05, 4.69) is 49.1 Å². The van der Waals surface area contributed by atoms with Crippen LogP contribution in [0.1, 0.15) is 64.0 Å². The molecule has 3 atom stereocenters. The molecule has 0 N–H and O–H groups in total. The van der Waals surface area contributed by atoms with Gasteiger partial charge in [-0.3, -0.25) is 9.69 Å². The van der Waals surface area contributed by atoms with Gasteiger partial charge in [0.1, 0.15) is 5.78 Å². The van der Waals surface area contributed by atoms with E-state index in [0.717, 1.165) is 25.8 Å². The van der Waals surface area contributed by atoms with Crippen molar-refractivity contribution in [3.63, 3.8) is 0 Å². The predicted molar refractivity (Wildman–Crippen MR) is 86.2 cm³/mol. The van der Waals surface area contributed by atoms with Gasteiger partial charge in [0.2, 0.25) is 0 Å². The molecule has 2 heteroatoms. The molecule has 1 aromatic rings. The maximum absolute atomic E-state index is 12.1. The Morgan fingerprint density at radius 1 is 1.29 bits per heavy atom. The zero-order valence-electron chi connectivity index (χ0n) is 13.3. The summed E-state index contributed by atoms with van der Waals surface area (Å²) in [7, 11) is 0. The van der Waals surface area contributed by atoms with Gasteiger partial charge in [-0.1, -0.05) is 37.3 Å². The van der Waals surface area contributed by atoms with E-state index in [1.165, 1.54) is 24.8 Å². The number of hydrogen-bond acceptors (Lipinski definition) is 2. The molecule has 0 spiro atoms. The average molecular weight is 285 g/mol. The Labute approximate surface area is 128 Å². The first-order chi connectivity index (χ1) is 10.2. The van der Waals surface area contributed by atoms with Gasteiger partial charge in [0.25, 0.3) is 0 Å². The summed E-state index contributed by atoms with van der Waals surface area (Å²) in [5.41, 5.74) is 1.76. The van der Waals surface area contributed by atoms with Crippen molar-refractivity contribution in [2.75, 3.05) is 6.54 Å². The topological polar surface area (TPSA) is 20.3 Å². The van der Waals surface area contributed by atoms with Crippen LogP contribution in [0, 0.1) is 5.41 Å². The van der Waals surface area contributed by atoms with Gasteiger partial charge in [0, 0.05) is 24.9 Å². The van der Waals surface area contributed by atoms with Crippen LogP contribution in [-0.4, -0.2) is 23.3 Å². The Kier molecular flexibility index (Phi) is 4.17. The van der Waals surface area contributed by atoms with Gasteiger partial charge in [-0.15, -0.1) is 0 Å². The predicted octanol–water partition coefficient (Wildman–Crippen LogP) is 4.36. The molecule has 114 valence electrons. The SMILES string of the molecule is CC[C@]12CCCN([C@@H](C)c3ccccc3)[C@H]1CC(=O)CC2. The Hall–Kier alpha value is -1.15. The van der Waals surface area contributed by atoms with Crippen molar-refractivity contribution >= 4 is 5.78 Å². The molecule has 2 fully saturated rings. The maximum Gasteiger partial charge on any atom is 0.134 e. The Morgan fingerprint density at radius 2 is 2.05 bits per heavy atom.